The van der Waals surface area contributed by atoms with Crippen molar-refractivity contribution in [1.82, 2.24) is 20.1 Å². The zero-order valence-corrected chi connectivity index (χ0v) is 19.6. The van der Waals surface area contributed by atoms with Gasteiger partial charge in [0.15, 0.2) is 16.8 Å². The Morgan fingerprint density at radius 3 is 2.33 bits per heavy atom. The van der Waals surface area contributed by atoms with Crippen LogP contribution in [0.15, 0.2) is 84.0 Å². The van der Waals surface area contributed by atoms with E-state index in [9.17, 15) is 9.59 Å². The first-order chi connectivity index (χ1) is 16.0. The van der Waals surface area contributed by atoms with Crippen molar-refractivity contribution in [3.63, 3.8) is 0 Å². The molecule has 33 heavy (non-hydrogen) atoms. The third-order valence-corrected chi connectivity index (χ3v) is 6.22. The Morgan fingerprint density at radius 1 is 0.909 bits per heavy atom. The lowest BCUT2D eigenvalue weighted by atomic mass is 10.2. The Hall–Kier alpha value is -3.13. The third kappa shape index (κ3) is 5.63. The zero-order valence-electron chi connectivity index (χ0n) is 17.2. The van der Waals surface area contributed by atoms with Crippen LogP contribution in [0.2, 0.25) is 10.0 Å². The molecule has 0 radical (unpaired) electrons. The Bertz CT molecular complexity index is 1280. The molecule has 0 aliphatic carbocycles. The molecule has 0 spiro atoms. The van der Waals surface area contributed by atoms with Gasteiger partial charge in [-0.2, -0.15) is 0 Å². The van der Waals surface area contributed by atoms with Gasteiger partial charge in [-0.3, -0.25) is 14.2 Å². The molecule has 0 saturated heterocycles. The fourth-order valence-electron chi connectivity index (χ4n) is 3.11. The monoisotopic (exact) mass is 496 g/mol. The summed E-state index contributed by atoms with van der Waals surface area (Å²) in [6, 6.07) is 23.3. The lowest BCUT2D eigenvalue weighted by molar-refractivity contribution is 0.0949. The van der Waals surface area contributed by atoms with Crippen LogP contribution >= 0.6 is 35.0 Å². The second kappa shape index (κ2) is 10.7. The number of aromatic nitrogens is 3. The van der Waals surface area contributed by atoms with E-state index in [0.717, 1.165) is 5.69 Å². The second-order valence-electron chi connectivity index (χ2n) is 6.95. The van der Waals surface area contributed by atoms with Crippen LogP contribution in [-0.2, 0) is 6.54 Å². The lowest BCUT2D eigenvalue weighted by Gasteiger charge is -2.11. The first kappa shape index (κ1) is 23.0. The van der Waals surface area contributed by atoms with Gasteiger partial charge in [0.2, 0.25) is 0 Å². The van der Waals surface area contributed by atoms with Gasteiger partial charge in [0.1, 0.15) is 0 Å². The molecule has 4 aromatic rings. The van der Waals surface area contributed by atoms with E-state index in [1.54, 1.807) is 24.3 Å². The topological polar surface area (TPSA) is 76.9 Å². The Balaban J connectivity index is 1.54. The number of benzene rings is 3. The number of halogens is 2. The first-order valence-corrected chi connectivity index (χ1v) is 11.7. The number of carbonyl (C=O) groups excluding carboxylic acids is 2. The molecule has 6 nitrogen and oxygen atoms in total. The number of Topliss-reactive ketones (excluding diaryl/α,β-unsaturated/α-hetero) is 1. The number of para-hydroxylation sites is 1. The fourth-order valence-corrected chi connectivity index (χ4v) is 4.35. The first-order valence-electron chi connectivity index (χ1n) is 9.97. The molecule has 0 unspecified atom stereocenters. The number of ketones is 1. The van der Waals surface area contributed by atoms with Gasteiger partial charge in [0.05, 0.1) is 22.9 Å². The maximum Gasteiger partial charge on any atom is 0.253 e. The molecule has 3 aromatic carbocycles. The van der Waals surface area contributed by atoms with E-state index in [1.165, 1.54) is 17.8 Å². The van der Waals surface area contributed by atoms with Crippen molar-refractivity contribution >= 4 is 46.7 Å². The summed E-state index contributed by atoms with van der Waals surface area (Å²) in [6.45, 7) is 0.108. The van der Waals surface area contributed by atoms with Gasteiger partial charge in [-0.15, -0.1) is 10.2 Å². The molecule has 1 heterocycles. The molecular formula is C24H18Cl2N4O2S. The smallest absolute Gasteiger partial charge is 0.253 e. The maximum atomic E-state index is 12.7. The molecular weight excluding hydrogens is 479 g/mol. The van der Waals surface area contributed by atoms with Crippen molar-refractivity contribution < 1.29 is 9.59 Å². The summed E-state index contributed by atoms with van der Waals surface area (Å²) in [5.74, 6) is 0.342. The summed E-state index contributed by atoms with van der Waals surface area (Å²) < 4.78 is 1.82. The average Bonchev–Trinajstić information content (AvgIpc) is 3.26. The SMILES string of the molecule is O=C(CSc1nnc(CNC(=O)c2cc(Cl)ccc2Cl)n1-c1ccccc1)c1ccccc1. The quantitative estimate of drug-likeness (QED) is 0.258. The van der Waals surface area contributed by atoms with Crippen LogP contribution in [0.25, 0.3) is 5.69 Å². The molecule has 1 amide bonds. The number of nitrogens with zero attached hydrogens (tertiary/aromatic N) is 3. The molecule has 9 heteroatoms. The molecule has 0 saturated carbocycles. The van der Waals surface area contributed by atoms with E-state index in [0.29, 0.717) is 26.6 Å². The molecule has 0 atom stereocenters. The molecule has 0 bridgehead atoms. The molecule has 1 N–H and O–H groups in total. The highest BCUT2D eigenvalue weighted by molar-refractivity contribution is 7.99. The molecule has 0 aliphatic heterocycles. The standard InChI is InChI=1S/C24H18Cl2N4O2S/c25-17-11-12-20(26)19(13-17)23(32)27-14-22-28-29-24(30(22)18-9-5-2-6-10-18)33-15-21(31)16-7-3-1-4-8-16/h1-13H,14-15H2,(H,27,32). The normalized spacial score (nSPS) is 10.7. The number of hydrogen-bond acceptors (Lipinski definition) is 5. The minimum absolute atomic E-state index is 0.00587. The molecule has 1 aromatic heterocycles. The summed E-state index contributed by atoms with van der Waals surface area (Å²) in [5, 5.41) is 12.6. The summed E-state index contributed by atoms with van der Waals surface area (Å²) in [4.78, 5) is 25.2. The number of hydrogen-bond donors (Lipinski definition) is 1. The van der Waals surface area contributed by atoms with Crippen LogP contribution in [0.1, 0.15) is 26.5 Å². The minimum atomic E-state index is -0.376. The molecule has 166 valence electrons. The van der Waals surface area contributed by atoms with Crippen molar-refractivity contribution in [2.75, 3.05) is 5.75 Å². The van der Waals surface area contributed by atoms with Crippen molar-refractivity contribution in [3.8, 4) is 5.69 Å². The molecule has 4 rings (SSSR count). The number of rotatable bonds is 8. The number of amides is 1. The van der Waals surface area contributed by atoms with Crippen LogP contribution in [-0.4, -0.2) is 32.2 Å². The van der Waals surface area contributed by atoms with Crippen molar-refractivity contribution in [2.24, 2.45) is 0 Å². The maximum absolute atomic E-state index is 12.7. The van der Waals surface area contributed by atoms with Crippen LogP contribution in [0.5, 0.6) is 0 Å². The lowest BCUT2D eigenvalue weighted by Crippen LogP contribution is -2.25. The summed E-state index contributed by atoms with van der Waals surface area (Å²) in [5.41, 5.74) is 1.74. The summed E-state index contributed by atoms with van der Waals surface area (Å²) in [6.07, 6.45) is 0. The third-order valence-electron chi connectivity index (χ3n) is 4.72. The zero-order chi connectivity index (χ0) is 23.2. The predicted octanol–water partition coefficient (Wildman–Crippen LogP) is 5.48. The van der Waals surface area contributed by atoms with E-state index in [4.69, 9.17) is 23.2 Å². The summed E-state index contributed by atoms with van der Waals surface area (Å²) in [7, 11) is 0. The second-order valence-corrected chi connectivity index (χ2v) is 8.74. The van der Waals surface area contributed by atoms with Gasteiger partial charge in [-0.05, 0) is 30.3 Å². The van der Waals surface area contributed by atoms with Gasteiger partial charge in [0, 0.05) is 16.3 Å². The van der Waals surface area contributed by atoms with E-state index in [-0.39, 0.29) is 29.6 Å². The van der Waals surface area contributed by atoms with Crippen LogP contribution in [0.4, 0.5) is 0 Å². The molecule has 0 aliphatic rings. The van der Waals surface area contributed by atoms with Gasteiger partial charge in [-0.25, -0.2) is 0 Å². The fraction of sp³-hybridized carbons (Fsp3) is 0.0833. The van der Waals surface area contributed by atoms with E-state index in [2.05, 4.69) is 15.5 Å². The van der Waals surface area contributed by atoms with Crippen molar-refractivity contribution in [3.05, 3.63) is 106 Å². The van der Waals surface area contributed by atoms with Crippen molar-refractivity contribution in [1.29, 1.82) is 0 Å². The highest BCUT2D eigenvalue weighted by atomic mass is 35.5. The number of thioether (sulfide) groups is 1. The van der Waals surface area contributed by atoms with Crippen LogP contribution in [0, 0.1) is 0 Å². The van der Waals surface area contributed by atoms with Gasteiger partial charge in [-0.1, -0.05) is 83.5 Å². The van der Waals surface area contributed by atoms with E-state index in [1.807, 2.05) is 53.1 Å². The van der Waals surface area contributed by atoms with Gasteiger partial charge in [0.25, 0.3) is 5.91 Å². The Labute approximate surface area is 204 Å². The van der Waals surface area contributed by atoms with E-state index < -0.39 is 0 Å². The van der Waals surface area contributed by atoms with Crippen LogP contribution < -0.4 is 5.32 Å². The molecule has 0 fully saturated rings. The number of carbonyl (C=O) groups is 2. The minimum Gasteiger partial charge on any atom is -0.345 e. The highest BCUT2D eigenvalue weighted by Gasteiger charge is 2.18. The van der Waals surface area contributed by atoms with E-state index >= 15 is 0 Å². The van der Waals surface area contributed by atoms with Gasteiger partial charge >= 0.3 is 0 Å². The Morgan fingerprint density at radius 2 is 1.61 bits per heavy atom. The predicted molar refractivity (Wildman–Crippen MR) is 130 cm³/mol. The number of nitrogens with one attached hydrogen (secondary N) is 1. The van der Waals surface area contributed by atoms with Gasteiger partial charge < -0.3 is 5.32 Å². The Kier molecular flexibility index (Phi) is 7.44. The van der Waals surface area contributed by atoms with Crippen LogP contribution in [0.3, 0.4) is 0 Å². The highest BCUT2D eigenvalue weighted by Crippen LogP contribution is 2.24. The average molecular weight is 497 g/mol. The van der Waals surface area contributed by atoms with Crippen molar-refractivity contribution in [2.45, 2.75) is 11.7 Å². The summed E-state index contributed by atoms with van der Waals surface area (Å²) >= 11 is 13.4. The largest absolute Gasteiger partial charge is 0.345 e.